The van der Waals surface area contributed by atoms with Crippen LogP contribution in [0.25, 0.3) is 0 Å². The molecule has 0 radical (unpaired) electrons. The van der Waals surface area contributed by atoms with Crippen molar-refractivity contribution < 1.29 is 9.90 Å². The third-order valence-corrected chi connectivity index (χ3v) is 3.23. The van der Waals surface area contributed by atoms with E-state index in [4.69, 9.17) is 0 Å². The minimum absolute atomic E-state index is 0.180. The number of nitrogens with zero attached hydrogens (tertiary/aromatic N) is 1. The van der Waals surface area contributed by atoms with Crippen LogP contribution in [0.4, 0.5) is 10.5 Å². The Morgan fingerprint density at radius 1 is 1.35 bits per heavy atom. The lowest BCUT2D eigenvalue weighted by Crippen LogP contribution is -2.44. The Bertz CT molecular complexity index is 464. The SMILES string of the molecule is CCc1cc(NC(=O)N(CC)CC(C)(C)O)ccc1C. The summed E-state index contributed by atoms with van der Waals surface area (Å²) in [5.41, 5.74) is 2.36. The minimum Gasteiger partial charge on any atom is -0.389 e. The van der Waals surface area contributed by atoms with Gasteiger partial charge in [-0.15, -0.1) is 0 Å². The maximum absolute atomic E-state index is 12.2. The molecule has 0 bridgehead atoms. The van der Waals surface area contributed by atoms with Crippen LogP contribution in [0.5, 0.6) is 0 Å². The molecule has 0 spiro atoms. The molecule has 4 heteroatoms. The molecular weight excluding hydrogens is 252 g/mol. The van der Waals surface area contributed by atoms with Gasteiger partial charge in [0.2, 0.25) is 0 Å². The van der Waals surface area contributed by atoms with Gasteiger partial charge < -0.3 is 15.3 Å². The van der Waals surface area contributed by atoms with E-state index in [-0.39, 0.29) is 6.03 Å². The summed E-state index contributed by atoms with van der Waals surface area (Å²) in [6.07, 6.45) is 0.941. The highest BCUT2D eigenvalue weighted by molar-refractivity contribution is 5.89. The molecule has 1 aromatic rings. The van der Waals surface area contributed by atoms with Crippen LogP contribution in [0, 0.1) is 6.92 Å². The highest BCUT2D eigenvalue weighted by Crippen LogP contribution is 2.16. The smallest absolute Gasteiger partial charge is 0.321 e. The fourth-order valence-corrected chi connectivity index (χ4v) is 2.13. The summed E-state index contributed by atoms with van der Waals surface area (Å²) in [6, 6.07) is 5.75. The number of amides is 2. The number of anilines is 1. The number of likely N-dealkylation sites (N-methyl/N-ethyl adjacent to an activating group) is 1. The van der Waals surface area contributed by atoms with E-state index in [0.717, 1.165) is 12.1 Å². The van der Waals surface area contributed by atoms with Crippen LogP contribution in [0.1, 0.15) is 38.8 Å². The Labute approximate surface area is 121 Å². The summed E-state index contributed by atoms with van der Waals surface area (Å²) in [6.45, 7) is 10.3. The summed E-state index contributed by atoms with van der Waals surface area (Å²) in [7, 11) is 0. The van der Waals surface area contributed by atoms with Gasteiger partial charge in [-0.2, -0.15) is 0 Å². The Balaban J connectivity index is 2.78. The van der Waals surface area contributed by atoms with Gasteiger partial charge in [0.15, 0.2) is 0 Å². The summed E-state index contributed by atoms with van der Waals surface area (Å²) in [5, 5.41) is 12.7. The van der Waals surface area contributed by atoms with Gasteiger partial charge in [0, 0.05) is 12.2 Å². The van der Waals surface area contributed by atoms with Gasteiger partial charge in [0.05, 0.1) is 12.1 Å². The molecule has 0 aliphatic carbocycles. The molecule has 4 nitrogen and oxygen atoms in total. The van der Waals surface area contributed by atoms with E-state index in [2.05, 4.69) is 19.2 Å². The summed E-state index contributed by atoms with van der Waals surface area (Å²) < 4.78 is 0. The molecule has 0 saturated heterocycles. The second-order valence-electron chi connectivity index (χ2n) is 5.75. The molecule has 2 amide bonds. The molecule has 0 unspecified atom stereocenters. The summed E-state index contributed by atoms with van der Waals surface area (Å²) in [5.74, 6) is 0. The van der Waals surface area contributed by atoms with Gasteiger partial charge in [0.25, 0.3) is 0 Å². The predicted octanol–water partition coefficient (Wildman–Crippen LogP) is 3.18. The fraction of sp³-hybridized carbons (Fsp3) is 0.562. The molecule has 1 rings (SSSR count). The van der Waals surface area contributed by atoms with Crippen LogP contribution in [0.3, 0.4) is 0 Å². The number of benzene rings is 1. The molecule has 0 fully saturated rings. The van der Waals surface area contributed by atoms with E-state index in [1.165, 1.54) is 11.1 Å². The molecule has 1 aromatic carbocycles. The Kier molecular flexibility index (Phi) is 5.57. The predicted molar refractivity (Wildman–Crippen MR) is 83.1 cm³/mol. The van der Waals surface area contributed by atoms with E-state index in [1.54, 1.807) is 18.7 Å². The first-order valence-corrected chi connectivity index (χ1v) is 7.14. The Morgan fingerprint density at radius 3 is 2.50 bits per heavy atom. The molecule has 0 heterocycles. The second kappa shape index (κ2) is 6.75. The molecule has 112 valence electrons. The number of hydrogen-bond acceptors (Lipinski definition) is 2. The number of hydrogen-bond donors (Lipinski definition) is 2. The van der Waals surface area contributed by atoms with Crippen LogP contribution < -0.4 is 5.32 Å². The quantitative estimate of drug-likeness (QED) is 0.869. The highest BCUT2D eigenvalue weighted by atomic mass is 16.3. The third kappa shape index (κ3) is 4.85. The van der Waals surface area contributed by atoms with Crippen LogP contribution in [-0.4, -0.2) is 34.7 Å². The van der Waals surface area contributed by atoms with E-state index >= 15 is 0 Å². The molecule has 2 N–H and O–H groups in total. The van der Waals surface area contributed by atoms with Crippen molar-refractivity contribution >= 4 is 11.7 Å². The summed E-state index contributed by atoms with van der Waals surface area (Å²) in [4.78, 5) is 13.8. The van der Waals surface area contributed by atoms with E-state index < -0.39 is 5.60 Å². The summed E-state index contributed by atoms with van der Waals surface area (Å²) >= 11 is 0. The van der Waals surface area contributed by atoms with Gasteiger partial charge in [-0.25, -0.2) is 4.79 Å². The topological polar surface area (TPSA) is 52.6 Å². The lowest BCUT2D eigenvalue weighted by atomic mass is 10.1. The molecule has 0 saturated carbocycles. The first-order valence-electron chi connectivity index (χ1n) is 7.14. The zero-order chi connectivity index (χ0) is 15.3. The van der Waals surface area contributed by atoms with E-state index in [1.807, 2.05) is 25.1 Å². The second-order valence-corrected chi connectivity index (χ2v) is 5.75. The van der Waals surface area contributed by atoms with Crippen LogP contribution in [-0.2, 0) is 6.42 Å². The zero-order valence-electron chi connectivity index (χ0n) is 13.2. The number of rotatable bonds is 5. The maximum atomic E-state index is 12.2. The van der Waals surface area contributed by atoms with Crippen molar-refractivity contribution in [3.63, 3.8) is 0 Å². The van der Waals surface area contributed by atoms with Crippen molar-refractivity contribution in [2.24, 2.45) is 0 Å². The van der Waals surface area contributed by atoms with Crippen LogP contribution in [0.2, 0.25) is 0 Å². The van der Waals surface area contributed by atoms with E-state index in [9.17, 15) is 9.90 Å². The Hall–Kier alpha value is -1.55. The zero-order valence-corrected chi connectivity index (χ0v) is 13.2. The molecular formula is C16H26N2O2. The molecule has 0 aliphatic heterocycles. The average molecular weight is 278 g/mol. The van der Waals surface area contributed by atoms with Gasteiger partial charge in [-0.3, -0.25) is 0 Å². The molecule has 0 atom stereocenters. The first-order chi connectivity index (χ1) is 9.26. The number of carbonyl (C=O) groups excluding carboxylic acids is 1. The normalized spacial score (nSPS) is 11.3. The van der Waals surface area contributed by atoms with Crippen molar-refractivity contribution in [3.05, 3.63) is 29.3 Å². The van der Waals surface area contributed by atoms with Crippen molar-refractivity contribution in [1.29, 1.82) is 0 Å². The van der Waals surface area contributed by atoms with Gasteiger partial charge in [-0.05, 0) is 57.4 Å². The third-order valence-electron chi connectivity index (χ3n) is 3.23. The first kappa shape index (κ1) is 16.5. The monoisotopic (exact) mass is 278 g/mol. The van der Waals surface area contributed by atoms with Crippen molar-refractivity contribution in [2.75, 3.05) is 18.4 Å². The minimum atomic E-state index is -0.894. The standard InChI is InChI=1S/C16H26N2O2/c1-6-13-10-14(9-8-12(13)3)17-15(19)18(7-2)11-16(4,5)20/h8-10,20H,6-7,11H2,1-5H3,(H,17,19). The highest BCUT2D eigenvalue weighted by Gasteiger charge is 2.21. The number of nitrogens with one attached hydrogen (secondary N) is 1. The largest absolute Gasteiger partial charge is 0.389 e. The molecule has 0 aromatic heterocycles. The number of aliphatic hydroxyl groups is 1. The van der Waals surface area contributed by atoms with Crippen LogP contribution >= 0.6 is 0 Å². The van der Waals surface area contributed by atoms with E-state index in [0.29, 0.717) is 13.1 Å². The van der Waals surface area contributed by atoms with Crippen molar-refractivity contribution in [1.82, 2.24) is 4.90 Å². The lowest BCUT2D eigenvalue weighted by molar-refractivity contribution is 0.0501. The van der Waals surface area contributed by atoms with Crippen molar-refractivity contribution in [2.45, 2.75) is 46.6 Å². The van der Waals surface area contributed by atoms with Gasteiger partial charge in [0.1, 0.15) is 0 Å². The molecule has 20 heavy (non-hydrogen) atoms. The number of carbonyl (C=O) groups is 1. The fourth-order valence-electron chi connectivity index (χ4n) is 2.13. The maximum Gasteiger partial charge on any atom is 0.321 e. The van der Waals surface area contributed by atoms with Crippen LogP contribution in [0.15, 0.2) is 18.2 Å². The number of urea groups is 1. The molecule has 0 aliphatic rings. The average Bonchev–Trinajstić information content (AvgIpc) is 2.37. The van der Waals surface area contributed by atoms with Gasteiger partial charge in [-0.1, -0.05) is 13.0 Å². The van der Waals surface area contributed by atoms with Crippen molar-refractivity contribution in [3.8, 4) is 0 Å². The number of aryl methyl sites for hydroxylation is 2. The Morgan fingerprint density at radius 2 is 2.00 bits per heavy atom. The van der Waals surface area contributed by atoms with Gasteiger partial charge >= 0.3 is 6.03 Å². The lowest BCUT2D eigenvalue weighted by Gasteiger charge is -2.28.